The Morgan fingerprint density at radius 1 is 1.19 bits per heavy atom. The van der Waals surface area contributed by atoms with Crippen molar-refractivity contribution < 1.29 is 9.59 Å². The first kappa shape index (κ1) is 16.9. The summed E-state index contributed by atoms with van der Waals surface area (Å²) >= 11 is 0. The summed E-state index contributed by atoms with van der Waals surface area (Å²) in [6.07, 6.45) is 6.95. The number of amides is 3. The van der Waals surface area contributed by atoms with Crippen LogP contribution >= 0.6 is 0 Å². The monoisotopic (exact) mass is 354 g/mol. The number of fused-ring (bicyclic) bond motifs is 1. The summed E-state index contributed by atoms with van der Waals surface area (Å²) in [5.74, 6) is 0.781. The number of allylic oxidation sites excluding steroid dienone is 2. The van der Waals surface area contributed by atoms with Gasteiger partial charge in [0.25, 0.3) is 0 Å². The summed E-state index contributed by atoms with van der Waals surface area (Å²) in [5.41, 5.74) is 9.82. The third-order valence-corrected chi connectivity index (χ3v) is 5.81. The highest BCUT2D eigenvalue weighted by atomic mass is 16.2. The molecular formula is C20H26N4O2. The summed E-state index contributed by atoms with van der Waals surface area (Å²) < 4.78 is 0. The van der Waals surface area contributed by atoms with Crippen molar-refractivity contribution >= 4 is 28.9 Å². The Hall–Kier alpha value is -2.50. The number of rotatable bonds is 3. The molecule has 6 heteroatoms. The fourth-order valence-electron chi connectivity index (χ4n) is 4.30. The Labute approximate surface area is 153 Å². The quantitative estimate of drug-likeness (QED) is 0.730. The SMILES string of the molecule is CC(=O)NC1C2CN(C(=O)Nc3cc(C4=CCCCC4)ccc3N)CC21. The van der Waals surface area contributed by atoms with Crippen LogP contribution in [-0.2, 0) is 4.79 Å². The lowest BCUT2D eigenvalue weighted by Gasteiger charge is -2.22. The Kier molecular flexibility index (Phi) is 4.34. The minimum absolute atomic E-state index is 0.00186. The largest absolute Gasteiger partial charge is 0.397 e. The second kappa shape index (κ2) is 6.67. The Morgan fingerprint density at radius 3 is 2.62 bits per heavy atom. The third-order valence-electron chi connectivity index (χ3n) is 5.81. The number of nitrogens with one attached hydrogen (secondary N) is 2. The molecule has 1 saturated carbocycles. The van der Waals surface area contributed by atoms with E-state index in [1.807, 2.05) is 23.1 Å². The molecule has 1 aliphatic heterocycles. The minimum Gasteiger partial charge on any atom is -0.397 e. The number of carbonyl (C=O) groups excluding carboxylic acids is 2. The summed E-state index contributed by atoms with van der Waals surface area (Å²) in [7, 11) is 0. The molecule has 26 heavy (non-hydrogen) atoms. The van der Waals surface area contributed by atoms with Crippen molar-refractivity contribution in [3.05, 3.63) is 29.8 Å². The summed E-state index contributed by atoms with van der Waals surface area (Å²) in [6.45, 7) is 2.91. The van der Waals surface area contributed by atoms with Gasteiger partial charge in [0.2, 0.25) is 5.91 Å². The summed E-state index contributed by atoms with van der Waals surface area (Å²) in [5, 5.41) is 5.93. The van der Waals surface area contributed by atoms with E-state index < -0.39 is 0 Å². The number of nitrogens with zero attached hydrogens (tertiary/aromatic N) is 1. The predicted molar refractivity (Wildman–Crippen MR) is 102 cm³/mol. The Morgan fingerprint density at radius 2 is 1.96 bits per heavy atom. The van der Waals surface area contributed by atoms with Crippen LogP contribution in [0.25, 0.3) is 5.57 Å². The molecule has 2 aliphatic carbocycles. The van der Waals surface area contributed by atoms with E-state index in [4.69, 9.17) is 5.73 Å². The van der Waals surface area contributed by atoms with Gasteiger partial charge in [-0.2, -0.15) is 0 Å². The van der Waals surface area contributed by atoms with Gasteiger partial charge in [-0.15, -0.1) is 0 Å². The molecule has 1 aromatic rings. The molecule has 138 valence electrons. The third kappa shape index (κ3) is 3.28. The zero-order valence-corrected chi connectivity index (χ0v) is 15.1. The first-order valence-electron chi connectivity index (χ1n) is 9.45. The van der Waals surface area contributed by atoms with Crippen LogP contribution in [0.3, 0.4) is 0 Å². The van der Waals surface area contributed by atoms with E-state index >= 15 is 0 Å². The average Bonchev–Trinajstić information content (AvgIpc) is 3.05. The van der Waals surface area contributed by atoms with Gasteiger partial charge in [-0.3, -0.25) is 4.79 Å². The van der Waals surface area contributed by atoms with Gasteiger partial charge in [-0.25, -0.2) is 4.79 Å². The number of likely N-dealkylation sites (tertiary alicyclic amines) is 1. The molecule has 4 N–H and O–H groups in total. The maximum Gasteiger partial charge on any atom is 0.321 e. The topological polar surface area (TPSA) is 87.5 Å². The number of anilines is 2. The van der Waals surface area contributed by atoms with Gasteiger partial charge in [0.05, 0.1) is 11.4 Å². The van der Waals surface area contributed by atoms with Crippen molar-refractivity contribution in [1.29, 1.82) is 0 Å². The maximum absolute atomic E-state index is 12.6. The van der Waals surface area contributed by atoms with Crippen LogP contribution in [0.1, 0.15) is 38.2 Å². The molecule has 2 fully saturated rings. The number of nitrogen functional groups attached to an aromatic ring is 1. The highest BCUT2D eigenvalue weighted by Gasteiger charge is 2.57. The molecule has 1 heterocycles. The molecule has 1 aromatic carbocycles. The fourth-order valence-corrected chi connectivity index (χ4v) is 4.30. The molecule has 3 aliphatic rings. The van der Waals surface area contributed by atoms with Crippen molar-refractivity contribution in [3.8, 4) is 0 Å². The van der Waals surface area contributed by atoms with E-state index in [2.05, 4.69) is 16.7 Å². The van der Waals surface area contributed by atoms with Crippen LogP contribution in [0.15, 0.2) is 24.3 Å². The molecule has 0 radical (unpaired) electrons. The number of benzene rings is 1. The molecule has 0 spiro atoms. The van der Waals surface area contributed by atoms with Crippen molar-refractivity contribution in [2.24, 2.45) is 11.8 Å². The van der Waals surface area contributed by atoms with E-state index in [1.165, 1.54) is 25.3 Å². The van der Waals surface area contributed by atoms with E-state index in [1.54, 1.807) is 0 Å². The highest BCUT2D eigenvalue weighted by molar-refractivity contribution is 5.94. The molecular weight excluding hydrogens is 328 g/mol. The second-order valence-electron chi connectivity index (χ2n) is 7.67. The smallest absolute Gasteiger partial charge is 0.321 e. The predicted octanol–water partition coefficient (Wildman–Crippen LogP) is 2.82. The van der Waals surface area contributed by atoms with Gasteiger partial charge in [-0.1, -0.05) is 12.1 Å². The molecule has 0 bridgehead atoms. The van der Waals surface area contributed by atoms with Crippen molar-refractivity contribution in [1.82, 2.24) is 10.2 Å². The van der Waals surface area contributed by atoms with Gasteiger partial charge in [0, 0.05) is 37.9 Å². The Balaban J connectivity index is 1.39. The van der Waals surface area contributed by atoms with Crippen LogP contribution in [-0.4, -0.2) is 36.0 Å². The molecule has 4 rings (SSSR count). The van der Waals surface area contributed by atoms with Gasteiger partial charge < -0.3 is 21.3 Å². The zero-order chi connectivity index (χ0) is 18.3. The van der Waals surface area contributed by atoms with Gasteiger partial charge in [-0.05, 0) is 49.0 Å². The molecule has 3 amide bonds. The van der Waals surface area contributed by atoms with E-state index in [-0.39, 0.29) is 18.0 Å². The first-order valence-corrected chi connectivity index (χ1v) is 9.45. The van der Waals surface area contributed by atoms with Crippen LogP contribution in [0.4, 0.5) is 16.2 Å². The van der Waals surface area contributed by atoms with Crippen LogP contribution < -0.4 is 16.4 Å². The number of piperidine rings is 1. The van der Waals surface area contributed by atoms with E-state index in [0.29, 0.717) is 36.3 Å². The lowest BCUT2D eigenvalue weighted by Crippen LogP contribution is -2.39. The fraction of sp³-hybridized carbons (Fsp3) is 0.500. The van der Waals surface area contributed by atoms with Crippen LogP contribution in [0, 0.1) is 11.8 Å². The van der Waals surface area contributed by atoms with Gasteiger partial charge >= 0.3 is 6.03 Å². The van der Waals surface area contributed by atoms with E-state index in [9.17, 15) is 9.59 Å². The van der Waals surface area contributed by atoms with Crippen LogP contribution in [0.5, 0.6) is 0 Å². The molecule has 1 saturated heterocycles. The number of carbonyl (C=O) groups is 2. The van der Waals surface area contributed by atoms with Gasteiger partial charge in [0.1, 0.15) is 0 Å². The number of hydrogen-bond acceptors (Lipinski definition) is 3. The highest BCUT2D eigenvalue weighted by Crippen LogP contribution is 2.45. The van der Waals surface area contributed by atoms with E-state index in [0.717, 1.165) is 18.4 Å². The second-order valence-corrected chi connectivity index (χ2v) is 7.67. The van der Waals surface area contributed by atoms with Crippen LogP contribution in [0.2, 0.25) is 0 Å². The maximum atomic E-state index is 12.6. The Bertz CT molecular complexity index is 761. The zero-order valence-electron chi connectivity index (χ0n) is 15.1. The standard InChI is InChI=1S/C20H26N4O2/c1-12(25)22-19-15-10-24(11-16(15)19)20(26)23-18-9-14(7-8-17(18)21)13-5-3-2-4-6-13/h5,7-9,15-16,19H,2-4,6,10-11,21H2,1H3,(H,22,25)(H,23,26). The molecule has 6 nitrogen and oxygen atoms in total. The van der Waals surface area contributed by atoms with Crippen molar-refractivity contribution in [2.75, 3.05) is 24.1 Å². The van der Waals surface area contributed by atoms with Crippen molar-refractivity contribution in [3.63, 3.8) is 0 Å². The normalized spacial score (nSPS) is 26.7. The minimum atomic E-state index is -0.111. The summed E-state index contributed by atoms with van der Waals surface area (Å²) in [6, 6.07) is 6.02. The number of nitrogens with two attached hydrogens (primary N) is 1. The summed E-state index contributed by atoms with van der Waals surface area (Å²) in [4.78, 5) is 25.6. The first-order chi connectivity index (χ1) is 12.5. The number of urea groups is 1. The number of hydrogen-bond donors (Lipinski definition) is 3. The lowest BCUT2D eigenvalue weighted by molar-refractivity contribution is -0.119. The van der Waals surface area contributed by atoms with Gasteiger partial charge in [0.15, 0.2) is 0 Å². The molecule has 2 unspecified atom stereocenters. The lowest BCUT2D eigenvalue weighted by atomic mass is 9.93. The molecule has 2 atom stereocenters. The molecule has 0 aromatic heterocycles. The average molecular weight is 354 g/mol. The van der Waals surface area contributed by atoms with Crippen molar-refractivity contribution in [2.45, 2.75) is 38.6 Å².